The lowest BCUT2D eigenvalue weighted by Gasteiger charge is -2.23. The van der Waals surface area contributed by atoms with Crippen LogP contribution in [0.4, 0.5) is 5.69 Å². The highest BCUT2D eigenvalue weighted by atomic mass is 32.1. The molecule has 1 aliphatic heterocycles. The number of benzene rings is 1. The minimum absolute atomic E-state index is 0.174. The average molecular weight is 302 g/mol. The second kappa shape index (κ2) is 5.34. The number of nitrogen functional groups attached to an aromatic ring is 1. The van der Waals surface area contributed by atoms with E-state index in [1.807, 2.05) is 29.2 Å². The van der Waals surface area contributed by atoms with Crippen LogP contribution in [0.25, 0.3) is 10.1 Å². The van der Waals surface area contributed by atoms with Crippen LogP contribution >= 0.6 is 11.3 Å². The summed E-state index contributed by atoms with van der Waals surface area (Å²) in [7, 11) is 0. The van der Waals surface area contributed by atoms with Crippen molar-refractivity contribution in [1.29, 1.82) is 0 Å². The predicted molar refractivity (Wildman–Crippen MR) is 89.8 cm³/mol. The van der Waals surface area contributed by atoms with Crippen molar-refractivity contribution in [3.8, 4) is 0 Å². The number of nitrogens with zero attached hydrogens (tertiary/aromatic N) is 1. The fourth-order valence-corrected chi connectivity index (χ4v) is 3.96. The molecule has 2 N–H and O–H groups in total. The Balaban J connectivity index is 1.83. The zero-order valence-electron chi connectivity index (χ0n) is 12.7. The first kappa shape index (κ1) is 14.4. The summed E-state index contributed by atoms with van der Waals surface area (Å²) >= 11 is 1.57. The number of fused-ring (bicyclic) bond motifs is 1. The smallest absolute Gasteiger partial charge is 0.263 e. The quantitative estimate of drug-likeness (QED) is 0.805. The van der Waals surface area contributed by atoms with Crippen LogP contribution in [0.15, 0.2) is 24.3 Å². The van der Waals surface area contributed by atoms with Gasteiger partial charge in [-0.05, 0) is 54.3 Å². The van der Waals surface area contributed by atoms with Gasteiger partial charge in [0.1, 0.15) is 0 Å². The number of amides is 1. The maximum Gasteiger partial charge on any atom is 0.263 e. The van der Waals surface area contributed by atoms with Gasteiger partial charge in [-0.15, -0.1) is 11.3 Å². The fraction of sp³-hybridized carbons (Fsp3) is 0.471. The van der Waals surface area contributed by atoms with Crippen LogP contribution < -0.4 is 5.73 Å². The van der Waals surface area contributed by atoms with E-state index < -0.39 is 0 Å². The van der Waals surface area contributed by atoms with E-state index in [2.05, 4.69) is 13.8 Å². The third-order valence-electron chi connectivity index (χ3n) is 4.38. The number of carbonyl (C=O) groups excluding carboxylic acids is 1. The number of thiophene rings is 1. The van der Waals surface area contributed by atoms with Crippen LogP contribution in [-0.2, 0) is 0 Å². The molecular formula is C17H22N2OS. The molecule has 21 heavy (non-hydrogen) atoms. The van der Waals surface area contributed by atoms with Gasteiger partial charge in [-0.1, -0.05) is 13.8 Å². The fourth-order valence-electron chi connectivity index (χ4n) is 2.95. The summed E-state index contributed by atoms with van der Waals surface area (Å²) in [6, 6.07) is 7.81. The zero-order chi connectivity index (χ0) is 15.0. The summed E-state index contributed by atoms with van der Waals surface area (Å²) in [6.45, 7) is 6.33. The van der Waals surface area contributed by atoms with E-state index in [1.54, 1.807) is 11.3 Å². The van der Waals surface area contributed by atoms with Gasteiger partial charge in [0.15, 0.2) is 0 Å². The molecule has 0 saturated carbocycles. The molecule has 1 fully saturated rings. The van der Waals surface area contributed by atoms with Crippen LogP contribution in [0.5, 0.6) is 0 Å². The molecule has 3 nitrogen and oxygen atoms in total. The third-order valence-corrected chi connectivity index (χ3v) is 5.48. The van der Waals surface area contributed by atoms with Crippen LogP contribution in [0.3, 0.4) is 0 Å². The Hall–Kier alpha value is -1.55. The normalized spacial score (nSPS) is 18.7. The first-order chi connectivity index (χ1) is 9.94. The number of hydrogen-bond donors (Lipinski definition) is 1. The molecule has 0 unspecified atom stereocenters. The monoisotopic (exact) mass is 302 g/mol. The average Bonchev–Trinajstić information content (AvgIpc) is 2.75. The number of likely N-dealkylation sites (tertiary alicyclic amines) is 1. The molecule has 0 atom stereocenters. The van der Waals surface area contributed by atoms with Crippen molar-refractivity contribution < 1.29 is 4.79 Å². The standard InChI is InChI=1S/C17H22N2OS/c1-17(2)6-3-8-19(9-7-17)16(20)15-11-12-10-13(18)4-5-14(12)21-15/h4-5,10-11H,3,6-9,18H2,1-2H3. The van der Waals surface area contributed by atoms with E-state index in [9.17, 15) is 4.79 Å². The van der Waals surface area contributed by atoms with Gasteiger partial charge in [0.25, 0.3) is 5.91 Å². The second-order valence-electron chi connectivity index (χ2n) is 6.72. The molecule has 1 aliphatic rings. The topological polar surface area (TPSA) is 46.3 Å². The van der Waals surface area contributed by atoms with Gasteiger partial charge in [0.05, 0.1) is 4.88 Å². The molecule has 4 heteroatoms. The molecule has 2 heterocycles. The molecule has 1 amide bonds. The Morgan fingerprint density at radius 2 is 2.05 bits per heavy atom. The van der Waals surface area contributed by atoms with Crippen molar-refractivity contribution in [2.75, 3.05) is 18.8 Å². The SMILES string of the molecule is CC1(C)CCCN(C(=O)c2cc3cc(N)ccc3s2)CC1. The van der Waals surface area contributed by atoms with Gasteiger partial charge >= 0.3 is 0 Å². The van der Waals surface area contributed by atoms with Gasteiger partial charge in [-0.2, -0.15) is 0 Å². The second-order valence-corrected chi connectivity index (χ2v) is 7.80. The molecule has 0 spiro atoms. The van der Waals surface area contributed by atoms with E-state index in [4.69, 9.17) is 5.73 Å². The Morgan fingerprint density at radius 1 is 1.24 bits per heavy atom. The van der Waals surface area contributed by atoms with Crippen LogP contribution in [0, 0.1) is 5.41 Å². The van der Waals surface area contributed by atoms with E-state index in [1.165, 1.54) is 6.42 Å². The Bertz CT molecular complexity index is 674. The molecule has 0 bridgehead atoms. The van der Waals surface area contributed by atoms with Crippen LogP contribution in [0.2, 0.25) is 0 Å². The Morgan fingerprint density at radius 3 is 2.86 bits per heavy atom. The first-order valence-corrected chi connectivity index (χ1v) is 8.35. The zero-order valence-corrected chi connectivity index (χ0v) is 13.5. The molecule has 3 rings (SSSR count). The van der Waals surface area contributed by atoms with E-state index in [0.717, 1.165) is 46.6 Å². The lowest BCUT2D eigenvalue weighted by molar-refractivity contribution is 0.0762. The van der Waals surface area contributed by atoms with Crippen molar-refractivity contribution in [3.63, 3.8) is 0 Å². The highest BCUT2D eigenvalue weighted by Crippen LogP contribution is 2.32. The van der Waals surface area contributed by atoms with Crippen LogP contribution in [0.1, 0.15) is 42.8 Å². The predicted octanol–water partition coefficient (Wildman–Crippen LogP) is 4.14. The Kier molecular flexibility index (Phi) is 3.66. The lowest BCUT2D eigenvalue weighted by atomic mass is 9.85. The lowest BCUT2D eigenvalue weighted by Crippen LogP contribution is -2.31. The first-order valence-electron chi connectivity index (χ1n) is 7.53. The molecule has 0 radical (unpaired) electrons. The maximum absolute atomic E-state index is 12.7. The summed E-state index contributed by atoms with van der Waals surface area (Å²) in [5, 5.41) is 1.07. The maximum atomic E-state index is 12.7. The van der Waals surface area contributed by atoms with E-state index in [-0.39, 0.29) is 5.91 Å². The highest BCUT2D eigenvalue weighted by molar-refractivity contribution is 7.20. The minimum atomic E-state index is 0.174. The summed E-state index contributed by atoms with van der Waals surface area (Å²) < 4.78 is 1.13. The largest absolute Gasteiger partial charge is 0.399 e. The molecular weight excluding hydrogens is 280 g/mol. The number of anilines is 1. The Labute approximate surface area is 129 Å². The number of rotatable bonds is 1. The molecule has 2 aromatic rings. The highest BCUT2D eigenvalue weighted by Gasteiger charge is 2.26. The minimum Gasteiger partial charge on any atom is -0.399 e. The van der Waals surface area contributed by atoms with Gasteiger partial charge in [0, 0.05) is 23.5 Å². The molecule has 112 valence electrons. The van der Waals surface area contributed by atoms with Crippen molar-refractivity contribution in [3.05, 3.63) is 29.1 Å². The van der Waals surface area contributed by atoms with Gasteiger partial charge in [0.2, 0.25) is 0 Å². The van der Waals surface area contributed by atoms with Crippen molar-refractivity contribution in [2.45, 2.75) is 33.1 Å². The van der Waals surface area contributed by atoms with Gasteiger partial charge < -0.3 is 10.6 Å². The summed E-state index contributed by atoms with van der Waals surface area (Å²) in [4.78, 5) is 15.6. The van der Waals surface area contributed by atoms with E-state index in [0.29, 0.717) is 5.41 Å². The number of carbonyl (C=O) groups is 1. The summed E-state index contributed by atoms with van der Waals surface area (Å²) in [6.07, 6.45) is 3.37. The van der Waals surface area contributed by atoms with Crippen molar-refractivity contribution in [2.24, 2.45) is 5.41 Å². The summed E-state index contributed by atoms with van der Waals surface area (Å²) in [5.74, 6) is 0.174. The number of nitrogens with two attached hydrogens (primary N) is 1. The van der Waals surface area contributed by atoms with Crippen molar-refractivity contribution in [1.82, 2.24) is 4.90 Å². The van der Waals surface area contributed by atoms with Gasteiger partial charge in [-0.3, -0.25) is 4.79 Å². The number of hydrogen-bond acceptors (Lipinski definition) is 3. The van der Waals surface area contributed by atoms with E-state index >= 15 is 0 Å². The van der Waals surface area contributed by atoms with Crippen LogP contribution in [-0.4, -0.2) is 23.9 Å². The molecule has 0 aliphatic carbocycles. The molecule has 1 saturated heterocycles. The van der Waals surface area contributed by atoms with Crippen molar-refractivity contribution >= 4 is 33.0 Å². The molecule has 1 aromatic heterocycles. The molecule has 1 aromatic carbocycles. The third kappa shape index (κ3) is 3.05. The summed E-state index contributed by atoms with van der Waals surface area (Å²) in [5.41, 5.74) is 6.91. The van der Waals surface area contributed by atoms with Gasteiger partial charge in [-0.25, -0.2) is 0 Å².